The van der Waals surface area contributed by atoms with Crippen molar-refractivity contribution in [1.29, 1.82) is 0 Å². The molecule has 3 aliphatic rings. The van der Waals surface area contributed by atoms with Crippen molar-refractivity contribution in [2.75, 3.05) is 26.9 Å². The van der Waals surface area contributed by atoms with E-state index in [4.69, 9.17) is 37.6 Å². The highest BCUT2D eigenvalue weighted by Gasteiger charge is 2.39. The zero-order valence-electron chi connectivity index (χ0n) is 78.0. The standard InChI is InChI=1S/C22H44O4Si.C20H38O3Si.C17H30O2.C16H26O2.C13H24O.C10H18O/c1-17(12-13-20(23)22(5,6)24)16-19-11-9-10-18(26-19)14-15-25-27(7,8)21(2,3)4;1-16(13-17(2)15-21)14-19-10-8-9-18(23-19)11-12-22-24(6,7)20(3,4)5;1-7-10-16(19-17(8-2)18-6)13-15(5)12-9-11-14(3)4;1-13(2)6-4-7-14(3)12-16-9-5-8-15(18-16)10-11-17;1-5-7-13(14)10-12(4)9-6-8-11(2)3;1-9(2)5-4-6-10(3)7-8-11/h9-10,17-20,23-24H,11-16H2,1-8H3;8-9,16,18-19,21H,2,10-15H2,1,3-7H3;7-8,11,15-17H,1-2,9-10,12-13H2,3-6H3;5-6,8,11,14-16H,4,7,9-10,12H2,1-3H3;5,8,12-14H,1,6-7,9-10H2,2-4H3;5,8,10H,4,6-7H2,1-3H3/t17-,18-,19-,20?;16-,18-,19-;15-,16-,17?;14-,15-,16-;12-,13-;10-/m000000/s1. The monoisotopic (exact) mass is 1620 g/mol. The number of carbonyl (C=O) groups excluding carboxylic acids is 2. The normalized spacial score (nSPS) is 20.2. The molecule has 16 atom stereocenters. The average Bonchev–Trinajstić information content (AvgIpc) is 0.845. The molecule has 0 spiro atoms. The van der Waals surface area contributed by atoms with E-state index in [0.29, 0.717) is 67.3 Å². The molecule has 0 amide bonds. The van der Waals surface area contributed by atoms with E-state index in [1.54, 1.807) is 33.1 Å². The molecular formula is C98H180O13Si2. The van der Waals surface area contributed by atoms with Gasteiger partial charge in [-0.25, -0.2) is 0 Å². The number of rotatable bonds is 49. The topological polar surface area (TPSA) is 180 Å². The van der Waals surface area contributed by atoms with E-state index in [9.17, 15) is 24.9 Å². The predicted molar refractivity (Wildman–Crippen MR) is 491 cm³/mol. The van der Waals surface area contributed by atoms with Gasteiger partial charge in [0.1, 0.15) is 12.6 Å². The lowest BCUT2D eigenvalue weighted by molar-refractivity contribution is -0.129. The molecule has 15 heteroatoms. The average molecular weight is 1620 g/mol. The van der Waals surface area contributed by atoms with Crippen LogP contribution in [0.3, 0.4) is 0 Å². The van der Waals surface area contributed by atoms with E-state index in [0.717, 1.165) is 147 Å². The highest BCUT2D eigenvalue weighted by atomic mass is 28.4. The maximum Gasteiger partial charge on any atom is 0.191 e. The molecule has 0 saturated heterocycles. The first-order chi connectivity index (χ1) is 52.6. The van der Waals surface area contributed by atoms with Crippen LogP contribution < -0.4 is 0 Å². The van der Waals surface area contributed by atoms with Gasteiger partial charge in [0.25, 0.3) is 0 Å². The van der Waals surface area contributed by atoms with Crippen LogP contribution in [0.15, 0.2) is 133 Å². The Labute approximate surface area is 699 Å². The van der Waals surface area contributed by atoms with Crippen LogP contribution in [0, 0.1) is 35.5 Å². The van der Waals surface area contributed by atoms with Gasteiger partial charge >= 0.3 is 0 Å². The number of methoxy groups -OCH3 is 1. The largest absolute Gasteiger partial charge is 0.417 e. The molecule has 0 saturated carbocycles. The van der Waals surface area contributed by atoms with Gasteiger partial charge < -0.3 is 62.6 Å². The molecule has 0 aromatic heterocycles. The van der Waals surface area contributed by atoms with Gasteiger partial charge in [0.05, 0.1) is 67.1 Å². The molecule has 0 aromatic rings. The first-order valence-corrected chi connectivity index (χ1v) is 49.5. The minimum absolute atomic E-state index is 0.00577. The van der Waals surface area contributed by atoms with Gasteiger partial charge in [-0.2, -0.15) is 0 Å². The Bertz CT molecular complexity index is 2680. The van der Waals surface area contributed by atoms with E-state index < -0.39 is 28.3 Å². The second-order valence-electron chi connectivity index (χ2n) is 37.9. The van der Waals surface area contributed by atoms with Crippen molar-refractivity contribution in [1.82, 2.24) is 0 Å². The lowest BCUT2D eigenvalue weighted by Gasteiger charge is -2.36. The fourth-order valence-electron chi connectivity index (χ4n) is 12.7. The van der Waals surface area contributed by atoms with Gasteiger partial charge in [-0.3, -0.25) is 0 Å². The maximum atomic E-state index is 10.5. The minimum Gasteiger partial charge on any atom is -0.417 e. The summed E-state index contributed by atoms with van der Waals surface area (Å²) in [5, 5.41) is 39.0. The molecule has 3 aliphatic heterocycles. The Kier molecular flexibility index (Phi) is 64.8. The first kappa shape index (κ1) is 114. The molecule has 4 N–H and O–H groups in total. The molecule has 0 bridgehead atoms. The van der Waals surface area contributed by atoms with Crippen LogP contribution in [0.4, 0.5) is 0 Å². The Hall–Kier alpha value is -3.53. The molecule has 0 aliphatic carbocycles. The number of aliphatic hydroxyl groups excluding tert-OH is 3. The number of aldehydes is 2. The van der Waals surface area contributed by atoms with Crippen molar-refractivity contribution in [3.05, 3.63) is 133 Å². The number of hydrogen-bond acceptors (Lipinski definition) is 13. The molecule has 658 valence electrons. The van der Waals surface area contributed by atoms with E-state index in [2.05, 4.69) is 246 Å². The summed E-state index contributed by atoms with van der Waals surface area (Å²) in [5.74, 6) is 3.40. The van der Waals surface area contributed by atoms with Crippen LogP contribution in [0.25, 0.3) is 0 Å². The third kappa shape index (κ3) is 63.2. The number of carbonyl (C=O) groups is 2. The molecule has 0 fully saturated rings. The van der Waals surface area contributed by atoms with Gasteiger partial charge in [-0.15, -0.1) is 13.2 Å². The number of ether oxygens (including phenoxy) is 5. The molecule has 13 nitrogen and oxygen atoms in total. The molecule has 3 heterocycles. The summed E-state index contributed by atoms with van der Waals surface area (Å²) in [6.07, 6.45) is 53.6. The summed E-state index contributed by atoms with van der Waals surface area (Å²) in [7, 11) is -1.73. The van der Waals surface area contributed by atoms with Gasteiger partial charge in [-0.05, 0) is 295 Å². The smallest absolute Gasteiger partial charge is 0.191 e. The fourth-order valence-corrected chi connectivity index (χ4v) is 14.8. The second-order valence-corrected chi connectivity index (χ2v) is 47.5. The molecule has 3 rings (SSSR count). The zero-order chi connectivity index (χ0) is 87.0. The molecule has 0 aromatic carbocycles. The van der Waals surface area contributed by atoms with Crippen LogP contribution in [-0.2, 0) is 42.1 Å². The Morgan fingerprint density at radius 1 is 0.522 bits per heavy atom. The van der Waals surface area contributed by atoms with Crippen LogP contribution >= 0.6 is 0 Å². The van der Waals surface area contributed by atoms with Gasteiger partial charge in [0.2, 0.25) is 0 Å². The number of allylic oxidation sites excluding steroid dienone is 8. The van der Waals surface area contributed by atoms with Crippen LogP contribution in [0.1, 0.15) is 313 Å². The Morgan fingerprint density at radius 3 is 1.27 bits per heavy atom. The van der Waals surface area contributed by atoms with E-state index in [-0.39, 0.29) is 65.7 Å². The van der Waals surface area contributed by atoms with Gasteiger partial charge in [0.15, 0.2) is 22.9 Å². The lowest BCUT2D eigenvalue weighted by Crippen LogP contribution is -2.41. The minimum atomic E-state index is -1.69. The molecule has 2 unspecified atom stereocenters. The summed E-state index contributed by atoms with van der Waals surface area (Å²) in [6, 6.07) is 0. The summed E-state index contributed by atoms with van der Waals surface area (Å²) < 4.78 is 42.0. The highest BCUT2D eigenvalue weighted by molar-refractivity contribution is 6.74. The van der Waals surface area contributed by atoms with E-state index >= 15 is 0 Å². The van der Waals surface area contributed by atoms with Gasteiger partial charge in [0, 0.05) is 33.2 Å². The highest BCUT2D eigenvalue weighted by Crippen LogP contribution is 2.38. The third-order valence-electron chi connectivity index (χ3n) is 21.9. The van der Waals surface area contributed by atoms with E-state index in [1.807, 2.05) is 12.2 Å². The first-order valence-electron chi connectivity index (χ1n) is 43.7. The summed E-state index contributed by atoms with van der Waals surface area (Å²) >= 11 is 0. The van der Waals surface area contributed by atoms with Gasteiger partial charge in [-0.1, -0.05) is 197 Å². The fraction of sp³-hybridized carbons (Fsp3) is 0.755. The number of aliphatic hydroxyl groups is 4. The zero-order valence-corrected chi connectivity index (χ0v) is 80.0. The summed E-state index contributed by atoms with van der Waals surface area (Å²) in [6.45, 7) is 73.0. The van der Waals surface area contributed by atoms with Crippen molar-refractivity contribution < 1.29 is 62.6 Å². The van der Waals surface area contributed by atoms with Crippen molar-refractivity contribution >= 4 is 29.2 Å². The Balaban J connectivity index is -0.00000131. The molecule has 113 heavy (non-hydrogen) atoms. The molecule has 0 radical (unpaired) electrons. The van der Waals surface area contributed by atoms with Crippen LogP contribution in [-0.4, -0.2) is 143 Å². The quantitative estimate of drug-likeness (QED) is 0.0196. The van der Waals surface area contributed by atoms with Crippen LogP contribution in [0.2, 0.25) is 36.3 Å². The predicted octanol–water partition coefficient (Wildman–Crippen LogP) is 25.7. The second kappa shape index (κ2) is 64.4. The van der Waals surface area contributed by atoms with Crippen molar-refractivity contribution in [3.8, 4) is 0 Å². The molecular weight excluding hydrogens is 1440 g/mol. The third-order valence-corrected chi connectivity index (χ3v) is 31.0. The van der Waals surface area contributed by atoms with Crippen molar-refractivity contribution in [3.63, 3.8) is 0 Å². The van der Waals surface area contributed by atoms with Crippen molar-refractivity contribution in [2.24, 2.45) is 35.5 Å². The SMILES string of the molecule is C=C(CO)C[C@H](C)C[C@@H]1CC=C[C@@H](CCO[Si](C)(C)C(C)(C)C)O1.C=CC[C@@H](C[C@@H](C)CCC=C(C)C)OC(C=C)OC.C=CC[C@H](O)C[C@@H](C)CCC=C(C)C.CC(C)=CCC[C@H](C)CC=O.CC(C)=CCC[C@H](C)C[C@@H]1CC=C[C@@H](CC=O)O1.C[C@@H](CCC(O)C(C)(C)O)C[C@@H]1CC=C[C@@H](CCO[Si](C)(C)C(C)(C)C)O1. The van der Waals surface area contributed by atoms with Crippen LogP contribution in [0.5, 0.6) is 0 Å². The number of hydrogen-bond donors (Lipinski definition) is 4. The summed E-state index contributed by atoms with van der Waals surface area (Å²) in [4.78, 5) is 20.6. The Morgan fingerprint density at radius 2 is 0.903 bits per heavy atom. The van der Waals surface area contributed by atoms with E-state index in [1.165, 1.54) is 41.6 Å². The maximum absolute atomic E-state index is 10.5. The lowest BCUT2D eigenvalue weighted by atomic mass is 9.90. The van der Waals surface area contributed by atoms with Crippen molar-refractivity contribution in [2.45, 2.75) is 416 Å². The summed E-state index contributed by atoms with van der Waals surface area (Å²) in [5.41, 5.74) is 5.40.